The molecule has 2 heterocycles. The minimum absolute atomic E-state index is 0.0502. The van der Waals surface area contributed by atoms with E-state index >= 15 is 0 Å². The van der Waals surface area contributed by atoms with Crippen molar-refractivity contribution in [3.63, 3.8) is 0 Å². The minimum atomic E-state index is -2.00. The summed E-state index contributed by atoms with van der Waals surface area (Å²) in [5.74, 6) is -0.117. The molecule has 2 saturated heterocycles. The molecule has 0 aromatic carbocycles. The fourth-order valence-corrected chi connectivity index (χ4v) is 7.12. The van der Waals surface area contributed by atoms with Gasteiger partial charge in [-0.05, 0) is 74.0 Å². The molecule has 0 aliphatic carbocycles. The fourth-order valence-electron chi connectivity index (χ4n) is 4.39. The Morgan fingerprint density at radius 1 is 0.650 bits per heavy atom. The van der Waals surface area contributed by atoms with E-state index in [1.807, 2.05) is 27.7 Å². The highest BCUT2D eigenvalue weighted by Gasteiger charge is 2.48. The Kier molecular flexibility index (Phi) is 12.8. The molecule has 0 radical (unpaired) electrons. The molecule has 13 heteroatoms. The molecule has 2 fully saturated rings. The summed E-state index contributed by atoms with van der Waals surface area (Å²) in [5, 5.41) is 17.9. The number of aliphatic hydroxyl groups excluding tert-OH is 1. The van der Waals surface area contributed by atoms with Crippen LogP contribution < -0.4 is 0 Å². The van der Waals surface area contributed by atoms with Crippen LogP contribution in [-0.4, -0.2) is 70.6 Å². The second-order valence-electron chi connectivity index (χ2n) is 14.6. The van der Waals surface area contributed by atoms with Crippen molar-refractivity contribution >= 4 is 16.6 Å². The molecule has 0 spiro atoms. The van der Waals surface area contributed by atoms with Crippen LogP contribution in [0.1, 0.15) is 76.2 Å². The smallest absolute Gasteiger partial charge is 0.192 e. The first-order chi connectivity index (χ1) is 18.0. The van der Waals surface area contributed by atoms with Gasteiger partial charge in [-0.3, -0.25) is 0 Å². The molecule has 40 heavy (non-hydrogen) atoms. The van der Waals surface area contributed by atoms with Crippen molar-refractivity contribution in [3.8, 4) is 0 Å². The van der Waals surface area contributed by atoms with Crippen molar-refractivity contribution in [2.24, 2.45) is 22.1 Å². The Morgan fingerprint density at radius 3 is 1.35 bits per heavy atom. The highest BCUT2D eigenvalue weighted by atomic mass is 28.4. The number of rotatable bonds is 6. The van der Waals surface area contributed by atoms with Crippen LogP contribution in [0.5, 0.6) is 0 Å². The zero-order chi connectivity index (χ0) is 31.4. The van der Waals surface area contributed by atoms with Gasteiger partial charge in [0, 0.05) is 15.7 Å². The number of aliphatic hydroxyl groups is 1. The summed E-state index contributed by atoms with van der Waals surface area (Å²) >= 11 is 0. The molecule has 11 nitrogen and oxygen atoms in total. The zero-order valence-corrected chi connectivity index (χ0v) is 29.5. The van der Waals surface area contributed by atoms with Crippen molar-refractivity contribution in [1.29, 1.82) is 0 Å². The van der Waals surface area contributed by atoms with Crippen LogP contribution in [0.2, 0.25) is 36.3 Å². The maximum absolute atomic E-state index is 9.87. The van der Waals surface area contributed by atoms with Crippen molar-refractivity contribution in [3.05, 3.63) is 20.9 Å². The van der Waals surface area contributed by atoms with Gasteiger partial charge >= 0.3 is 0 Å². The van der Waals surface area contributed by atoms with Gasteiger partial charge in [-0.1, -0.05) is 65.6 Å². The van der Waals surface area contributed by atoms with E-state index in [0.29, 0.717) is 0 Å². The summed E-state index contributed by atoms with van der Waals surface area (Å²) in [6.07, 6.45) is -1.65. The van der Waals surface area contributed by atoms with Gasteiger partial charge in [-0.25, -0.2) is 0 Å². The number of ether oxygens (including phenoxy) is 2. The van der Waals surface area contributed by atoms with Gasteiger partial charge in [0.15, 0.2) is 22.9 Å². The summed E-state index contributed by atoms with van der Waals surface area (Å²) in [5.41, 5.74) is 17.6. The summed E-state index contributed by atoms with van der Waals surface area (Å²) in [6.45, 7) is 31.6. The Bertz CT molecular complexity index is 853. The Hall–Kier alpha value is -1.15. The minimum Gasteiger partial charge on any atom is -0.411 e. The van der Waals surface area contributed by atoms with Crippen LogP contribution >= 0.6 is 0 Å². The third kappa shape index (κ3) is 8.93. The molecule has 1 unspecified atom stereocenters. The third-order valence-electron chi connectivity index (χ3n) is 9.49. The van der Waals surface area contributed by atoms with Gasteiger partial charge in [-0.2, -0.15) is 0 Å². The highest BCUT2D eigenvalue weighted by Crippen LogP contribution is 2.42. The topological polar surface area (TPSA) is 155 Å². The van der Waals surface area contributed by atoms with E-state index in [-0.39, 0.29) is 58.5 Å². The van der Waals surface area contributed by atoms with Gasteiger partial charge in [-0.15, -0.1) is 0 Å². The molecule has 0 aromatic rings. The number of hydrogen-bond acceptors (Lipinski definition) is 7. The lowest BCUT2D eigenvalue weighted by Crippen LogP contribution is -2.57. The van der Waals surface area contributed by atoms with Gasteiger partial charge < -0.3 is 23.4 Å². The van der Waals surface area contributed by atoms with E-state index in [0.717, 1.165) is 0 Å². The molecule has 10 atom stereocenters. The molecule has 1 N–H and O–H groups in total. The van der Waals surface area contributed by atoms with Crippen LogP contribution in [-0.2, 0) is 18.3 Å². The average molecular weight is 601 g/mol. The second-order valence-corrected chi connectivity index (χ2v) is 24.1. The first kappa shape index (κ1) is 36.9. The maximum Gasteiger partial charge on any atom is 0.192 e. The van der Waals surface area contributed by atoms with E-state index in [1.165, 1.54) is 0 Å². The van der Waals surface area contributed by atoms with Gasteiger partial charge in [0.2, 0.25) is 0 Å². The largest absolute Gasteiger partial charge is 0.411 e. The molecule has 2 aliphatic rings. The second kappa shape index (κ2) is 13.9. The Balaban J connectivity index is 0.000000400. The summed E-state index contributed by atoms with van der Waals surface area (Å²) in [7, 11) is -3.92. The van der Waals surface area contributed by atoms with E-state index < -0.39 is 29.0 Å². The van der Waals surface area contributed by atoms with Crippen LogP contribution in [0.3, 0.4) is 0 Å². The first-order valence-corrected chi connectivity index (χ1v) is 20.3. The molecule has 0 amide bonds. The van der Waals surface area contributed by atoms with Crippen LogP contribution in [0.25, 0.3) is 20.9 Å². The summed E-state index contributed by atoms with van der Waals surface area (Å²) < 4.78 is 24.3. The van der Waals surface area contributed by atoms with Gasteiger partial charge in [0.1, 0.15) is 0 Å². The molecular weight excluding hydrogens is 545 g/mol. The number of nitrogens with zero attached hydrogens (tertiary/aromatic N) is 6. The number of azide groups is 2. The molecule has 2 rings (SSSR count). The normalized spacial score (nSPS) is 35.5. The van der Waals surface area contributed by atoms with E-state index in [4.69, 9.17) is 29.4 Å². The lowest BCUT2D eigenvalue weighted by Gasteiger charge is -2.47. The SMILES string of the molecule is C[C@@H]1[C@@H](N=[N+]=[N-])[C@H](O[Si](C)(C)C(C)(C)C)[C@@H](C)O[C@H]1C.C[C@H]1OC(O)[C@H](C)[C@@H](N=[N+]=[N-])[C@@H]1O[Si](C)(C)C(C)(C)C. The van der Waals surface area contributed by atoms with Crippen LogP contribution in [0.15, 0.2) is 10.2 Å². The van der Waals surface area contributed by atoms with Crippen molar-refractivity contribution in [2.75, 3.05) is 0 Å². The zero-order valence-electron chi connectivity index (χ0n) is 27.5. The Labute approximate surface area is 244 Å². The van der Waals surface area contributed by atoms with Gasteiger partial charge in [0.05, 0.1) is 42.6 Å². The third-order valence-corrected chi connectivity index (χ3v) is 18.4. The van der Waals surface area contributed by atoms with Crippen LogP contribution in [0, 0.1) is 11.8 Å². The quantitative estimate of drug-likeness (QED) is 0.142. The van der Waals surface area contributed by atoms with E-state index in [1.54, 1.807) is 0 Å². The summed E-state index contributed by atoms with van der Waals surface area (Å²) in [6, 6.07) is -0.569. The van der Waals surface area contributed by atoms with Crippen LogP contribution in [0.4, 0.5) is 0 Å². The molecular formula is C27H56N6O5Si2. The molecule has 232 valence electrons. The predicted octanol–water partition coefficient (Wildman–Crippen LogP) is 7.93. The molecule has 2 aliphatic heterocycles. The lowest BCUT2D eigenvalue weighted by atomic mass is 9.87. The van der Waals surface area contributed by atoms with E-state index in [9.17, 15) is 5.11 Å². The fraction of sp³-hybridized carbons (Fsp3) is 1.00. The van der Waals surface area contributed by atoms with Gasteiger partial charge in [0.25, 0.3) is 0 Å². The highest BCUT2D eigenvalue weighted by molar-refractivity contribution is 6.74. The van der Waals surface area contributed by atoms with E-state index in [2.05, 4.69) is 94.7 Å². The van der Waals surface area contributed by atoms with Crippen molar-refractivity contribution in [2.45, 2.75) is 161 Å². The van der Waals surface area contributed by atoms with Crippen molar-refractivity contribution in [1.82, 2.24) is 0 Å². The van der Waals surface area contributed by atoms with Crippen molar-refractivity contribution < 1.29 is 23.4 Å². The Morgan fingerprint density at radius 2 is 1.00 bits per heavy atom. The summed E-state index contributed by atoms with van der Waals surface area (Å²) in [4.78, 5) is 5.94. The number of hydrogen-bond donors (Lipinski definition) is 1. The molecule has 0 bridgehead atoms. The monoisotopic (exact) mass is 600 g/mol. The first-order valence-electron chi connectivity index (χ1n) is 14.5. The maximum atomic E-state index is 9.87. The average Bonchev–Trinajstić information content (AvgIpc) is 2.79. The molecule has 0 aromatic heterocycles. The lowest BCUT2D eigenvalue weighted by molar-refractivity contribution is -0.221. The molecule has 0 saturated carbocycles. The standard InChI is InChI=1S/C14H29N3O2Si.C13H27N3O3Si/c1-9-10(2)18-11(3)13(12(9)16-17-15)19-20(7,8)14(4,5)6;1-8-10(15-16-14)11(9(2)18-12(8)17)19-20(6,7)13(3,4)5/h9-13H,1-8H3;8-12,17H,1-7H3/t9-,10-,11+,12+,13+;8-,9-,10-,11-,12?/m01/s1. The predicted molar refractivity (Wildman–Crippen MR) is 165 cm³/mol.